The average molecular weight is 180 g/mol. The third kappa shape index (κ3) is 7.88. The second kappa shape index (κ2) is 6.31. The normalized spacial score (nSPS) is 14.2. The minimum atomic E-state index is -2.26. The van der Waals surface area contributed by atoms with Gasteiger partial charge in [-0.15, -0.1) is 0 Å². The minimum absolute atomic E-state index is 0.0985. The molecule has 1 atom stereocenters. The fourth-order valence-corrected chi connectivity index (χ4v) is 0.775. The SMILES string of the molecule is CC(C)NCC(C)NCC(F)F. The van der Waals surface area contributed by atoms with Gasteiger partial charge in [-0.3, -0.25) is 0 Å². The minimum Gasteiger partial charge on any atom is -0.313 e. The van der Waals surface area contributed by atoms with Crippen molar-refractivity contribution in [1.82, 2.24) is 10.6 Å². The predicted molar refractivity (Wildman–Crippen MR) is 46.6 cm³/mol. The van der Waals surface area contributed by atoms with Gasteiger partial charge in [-0.25, -0.2) is 8.78 Å². The first kappa shape index (κ1) is 11.8. The van der Waals surface area contributed by atoms with Crippen LogP contribution < -0.4 is 10.6 Å². The summed E-state index contributed by atoms with van der Waals surface area (Å²) in [6, 6.07) is 0.502. The van der Waals surface area contributed by atoms with Gasteiger partial charge in [0.25, 0.3) is 6.43 Å². The highest BCUT2D eigenvalue weighted by molar-refractivity contribution is 4.65. The molecule has 0 saturated carbocycles. The monoisotopic (exact) mass is 180 g/mol. The van der Waals surface area contributed by atoms with Crippen molar-refractivity contribution in [3.63, 3.8) is 0 Å². The molecule has 12 heavy (non-hydrogen) atoms. The molecular weight excluding hydrogens is 162 g/mol. The van der Waals surface area contributed by atoms with Crippen molar-refractivity contribution in [3.8, 4) is 0 Å². The van der Waals surface area contributed by atoms with Crippen molar-refractivity contribution in [2.24, 2.45) is 0 Å². The summed E-state index contributed by atoms with van der Waals surface area (Å²) < 4.78 is 23.4. The molecule has 74 valence electrons. The number of nitrogens with one attached hydrogen (secondary N) is 2. The third-order valence-electron chi connectivity index (χ3n) is 1.45. The van der Waals surface area contributed by atoms with E-state index in [1.807, 2.05) is 20.8 Å². The van der Waals surface area contributed by atoms with Gasteiger partial charge < -0.3 is 10.6 Å². The highest BCUT2D eigenvalue weighted by atomic mass is 19.3. The van der Waals surface area contributed by atoms with Crippen LogP contribution in [0.4, 0.5) is 8.78 Å². The summed E-state index contributed by atoms with van der Waals surface area (Å²) in [5, 5.41) is 5.89. The highest BCUT2D eigenvalue weighted by Gasteiger charge is 2.05. The van der Waals surface area contributed by atoms with E-state index in [0.29, 0.717) is 6.04 Å². The van der Waals surface area contributed by atoms with Crippen LogP contribution in [-0.2, 0) is 0 Å². The molecule has 0 amide bonds. The van der Waals surface area contributed by atoms with Crippen molar-refractivity contribution in [3.05, 3.63) is 0 Å². The Morgan fingerprint density at radius 2 is 1.58 bits per heavy atom. The molecule has 1 unspecified atom stereocenters. The van der Waals surface area contributed by atoms with Crippen molar-refractivity contribution in [1.29, 1.82) is 0 Å². The first-order valence-electron chi connectivity index (χ1n) is 4.27. The molecule has 0 aliphatic carbocycles. The van der Waals surface area contributed by atoms with Crippen molar-refractivity contribution in [2.45, 2.75) is 39.3 Å². The van der Waals surface area contributed by atoms with Crippen LogP contribution in [0, 0.1) is 0 Å². The summed E-state index contributed by atoms with van der Waals surface area (Å²) in [4.78, 5) is 0. The van der Waals surface area contributed by atoms with E-state index in [9.17, 15) is 8.78 Å². The number of hydrogen-bond acceptors (Lipinski definition) is 2. The molecule has 0 aromatic heterocycles. The molecule has 4 heteroatoms. The largest absolute Gasteiger partial charge is 0.313 e. The molecular formula is C8H18F2N2. The fourth-order valence-electron chi connectivity index (χ4n) is 0.775. The van der Waals surface area contributed by atoms with E-state index >= 15 is 0 Å². The van der Waals surface area contributed by atoms with Gasteiger partial charge in [0.1, 0.15) is 0 Å². The summed E-state index contributed by atoms with van der Waals surface area (Å²) in [6.07, 6.45) is -2.26. The molecule has 0 bridgehead atoms. The first-order chi connectivity index (χ1) is 5.52. The summed E-state index contributed by atoms with van der Waals surface area (Å²) in [5.41, 5.74) is 0. The smallest absolute Gasteiger partial charge is 0.250 e. The van der Waals surface area contributed by atoms with Crippen LogP contribution in [0.5, 0.6) is 0 Å². The maximum Gasteiger partial charge on any atom is 0.250 e. The lowest BCUT2D eigenvalue weighted by Gasteiger charge is -2.15. The van der Waals surface area contributed by atoms with Gasteiger partial charge in [0.15, 0.2) is 0 Å². The molecule has 0 spiro atoms. The molecule has 0 aliphatic heterocycles. The van der Waals surface area contributed by atoms with E-state index in [-0.39, 0.29) is 12.6 Å². The molecule has 0 radical (unpaired) electrons. The lowest BCUT2D eigenvalue weighted by Crippen LogP contribution is -2.40. The van der Waals surface area contributed by atoms with E-state index in [1.54, 1.807) is 0 Å². The Hall–Kier alpha value is -0.220. The molecule has 0 fully saturated rings. The fraction of sp³-hybridized carbons (Fsp3) is 1.00. The van der Waals surface area contributed by atoms with Crippen molar-refractivity contribution < 1.29 is 8.78 Å². The molecule has 0 saturated heterocycles. The summed E-state index contributed by atoms with van der Waals surface area (Å²) in [7, 11) is 0. The zero-order valence-corrected chi connectivity index (χ0v) is 7.90. The Balaban J connectivity index is 3.27. The molecule has 0 heterocycles. The highest BCUT2D eigenvalue weighted by Crippen LogP contribution is 1.89. The standard InChI is InChI=1S/C8H18F2N2/c1-6(2)11-4-7(3)12-5-8(9)10/h6-8,11-12H,4-5H2,1-3H3. The van der Waals surface area contributed by atoms with Crippen LogP contribution in [0.15, 0.2) is 0 Å². The zero-order valence-electron chi connectivity index (χ0n) is 7.90. The molecule has 0 aromatic carbocycles. The Bertz CT molecular complexity index is 95.2. The van der Waals surface area contributed by atoms with Crippen LogP contribution in [0.2, 0.25) is 0 Å². The van der Waals surface area contributed by atoms with Crippen LogP contribution in [-0.4, -0.2) is 31.6 Å². The van der Waals surface area contributed by atoms with Crippen LogP contribution in [0.1, 0.15) is 20.8 Å². The maximum atomic E-state index is 11.7. The molecule has 0 aromatic rings. The van der Waals surface area contributed by atoms with Gasteiger partial charge in [0, 0.05) is 18.6 Å². The Kier molecular flexibility index (Phi) is 6.20. The Morgan fingerprint density at radius 1 is 1.00 bits per heavy atom. The van der Waals surface area contributed by atoms with Gasteiger partial charge >= 0.3 is 0 Å². The van der Waals surface area contributed by atoms with E-state index in [0.717, 1.165) is 6.54 Å². The van der Waals surface area contributed by atoms with Gasteiger partial charge in [-0.1, -0.05) is 13.8 Å². The molecule has 2 nitrogen and oxygen atoms in total. The van der Waals surface area contributed by atoms with E-state index in [1.165, 1.54) is 0 Å². The lowest BCUT2D eigenvalue weighted by molar-refractivity contribution is 0.142. The average Bonchev–Trinajstić information content (AvgIpc) is 1.96. The van der Waals surface area contributed by atoms with Crippen molar-refractivity contribution >= 4 is 0 Å². The van der Waals surface area contributed by atoms with E-state index < -0.39 is 6.43 Å². The van der Waals surface area contributed by atoms with E-state index in [4.69, 9.17) is 0 Å². The predicted octanol–water partition coefficient (Wildman–Crippen LogP) is 1.23. The molecule has 0 aliphatic rings. The zero-order chi connectivity index (χ0) is 9.56. The van der Waals surface area contributed by atoms with Crippen LogP contribution in [0.3, 0.4) is 0 Å². The van der Waals surface area contributed by atoms with Crippen LogP contribution >= 0.6 is 0 Å². The number of alkyl halides is 2. The summed E-state index contributed by atoms with van der Waals surface area (Å²) >= 11 is 0. The van der Waals surface area contributed by atoms with E-state index in [2.05, 4.69) is 10.6 Å². The van der Waals surface area contributed by atoms with Gasteiger partial charge in [0.2, 0.25) is 0 Å². The van der Waals surface area contributed by atoms with Gasteiger partial charge in [0.05, 0.1) is 6.54 Å². The Morgan fingerprint density at radius 3 is 2.00 bits per heavy atom. The first-order valence-corrected chi connectivity index (χ1v) is 4.27. The summed E-state index contributed by atoms with van der Waals surface area (Å²) in [6.45, 7) is 6.45. The topological polar surface area (TPSA) is 24.1 Å². The van der Waals surface area contributed by atoms with Crippen molar-refractivity contribution in [2.75, 3.05) is 13.1 Å². The molecule has 0 rings (SSSR count). The lowest BCUT2D eigenvalue weighted by atomic mass is 10.3. The van der Waals surface area contributed by atoms with Gasteiger partial charge in [-0.05, 0) is 6.92 Å². The molecule has 2 N–H and O–H groups in total. The quantitative estimate of drug-likeness (QED) is 0.642. The number of rotatable bonds is 6. The second-order valence-corrected chi connectivity index (χ2v) is 3.26. The maximum absolute atomic E-state index is 11.7. The number of hydrogen-bond donors (Lipinski definition) is 2. The second-order valence-electron chi connectivity index (χ2n) is 3.26. The third-order valence-corrected chi connectivity index (χ3v) is 1.45. The van der Waals surface area contributed by atoms with Crippen LogP contribution in [0.25, 0.3) is 0 Å². The van der Waals surface area contributed by atoms with Gasteiger partial charge in [-0.2, -0.15) is 0 Å². The Labute approximate surface area is 72.7 Å². The number of halogens is 2. The summed E-state index contributed by atoms with van der Waals surface area (Å²) in [5.74, 6) is 0.